The summed E-state index contributed by atoms with van der Waals surface area (Å²) < 4.78 is 9.52. The van der Waals surface area contributed by atoms with Crippen LogP contribution in [0.15, 0.2) is 18.2 Å². The Bertz CT molecular complexity index is 743. The summed E-state index contributed by atoms with van der Waals surface area (Å²) in [5.74, 6) is 4.37. The molecule has 0 N–H and O–H groups in total. The van der Waals surface area contributed by atoms with Crippen molar-refractivity contribution in [3.05, 3.63) is 34.9 Å². The first-order chi connectivity index (χ1) is 15.1. The van der Waals surface area contributed by atoms with Gasteiger partial charge in [-0.1, -0.05) is 34.6 Å². The van der Waals surface area contributed by atoms with Gasteiger partial charge >= 0.3 is 5.97 Å². The highest BCUT2D eigenvalue weighted by Gasteiger charge is 2.48. The van der Waals surface area contributed by atoms with Crippen molar-refractivity contribution in [2.45, 2.75) is 92.9 Å². The molecule has 3 saturated carbocycles. The number of ketones is 1. The third-order valence-corrected chi connectivity index (χ3v) is 7.35. The van der Waals surface area contributed by atoms with E-state index in [1.807, 2.05) is 33.8 Å². The second-order valence-electron chi connectivity index (χ2n) is 10.5. The summed E-state index contributed by atoms with van der Waals surface area (Å²) in [5.41, 5.74) is 1.82. The molecule has 33 heavy (non-hydrogen) atoms. The van der Waals surface area contributed by atoms with Crippen molar-refractivity contribution in [3.8, 4) is 0 Å². The van der Waals surface area contributed by atoms with E-state index in [-0.39, 0.29) is 24.6 Å². The van der Waals surface area contributed by atoms with Crippen LogP contribution in [-0.2, 0) is 14.9 Å². The topological polar surface area (TPSA) is 52.6 Å². The number of fused-ring (bicyclic) bond motifs is 5. The van der Waals surface area contributed by atoms with Gasteiger partial charge in [0.25, 0.3) is 0 Å². The molecular formula is C29H48O4. The Hall–Kier alpha value is -1.68. The molecule has 188 valence electrons. The van der Waals surface area contributed by atoms with Gasteiger partial charge in [-0.3, -0.25) is 4.79 Å². The third kappa shape index (κ3) is 7.95. The normalized spacial score (nSPS) is 24.5. The zero-order valence-corrected chi connectivity index (χ0v) is 21.3. The van der Waals surface area contributed by atoms with E-state index in [0.29, 0.717) is 17.7 Å². The molecule has 1 aromatic rings. The molecule has 4 rings (SSSR count). The molecule has 4 atom stereocenters. The average molecular weight is 461 g/mol. The molecule has 3 aliphatic carbocycles. The van der Waals surface area contributed by atoms with Crippen LogP contribution in [0.4, 0.5) is 0 Å². The van der Waals surface area contributed by atoms with Gasteiger partial charge in [0.2, 0.25) is 0 Å². The Labute approximate surface area is 202 Å². The fourth-order valence-electron chi connectivity index (χ4n) is 5.61. The first-order valence-electron chi connectivity index (χ1n) is 12.4. The molecule has 0 heterocycles. The summed E-state index contributed by atoms with van der Waals surface area (Å²) in [6, 6.07) is 5.23. The summed E-state index contributed by atoms with van der Waals surface area (Å²) >= 11 is 0. The van der Waals surface area contributed by atoms with Crippen molar-refractivity contribution in [2.24, 2.45) is 23.7 Å². The zero-order chi connectivity index (χ0) is 23.9. The van der Waals surface area contributed by atoms with Gasteiger partial charge in [-0.15, -0.1) is 0 Å². The first kappa shape index (κ1) is 29.4. The molecule has 1 aromatic carbocycles. The van der Waals surface area contributed by atoms with Crippen LogP contribution in [0.3, 0.4) is 0 Å². The van der Waals surface area contributed by atoms with Gasteiger partial charge in [0.1, 0.15) is 0 Å². The smallest absolute Gasteiger partial charge is 0.338 e. The van der Waals surface area contributed by atoms with Crippen LogP contribution in [0, 0.1) is 23.7 Å². The number of hydrogen-bond donors (Lipinski definition) is 0. The van der Waals surface area contributed by atoms with Crippen LogP contribution < -0.4 is 0 Å². The maximum atomic E-state index is 11.8. The molecule has 0 saturated heterocycles. The molecule has 4 heteroatoms. The number of rotatable bonds is 4. The van der Waals surface area contributed by atoms with E-state index in [2.05, 4.69) is 4.74 Å². The minimum atomic E-state index is -0.383. The lowest BCUT2D eigenvalue weighted by molar-refractivity contribution is 0.0526. The number of carbonyl (C=O) groups is 2. The van der Waals surface area contributed by atoms with Crippen LogP contribution in [0.1, 0.15) is 114 Å². The Balaban J connectivity index is 0.000000301. The monoisotopic (exact) mass is 460 g/mol. The van der Waals surface area contributed by atoms with Crippen molar-refractivity contribution in [2.75, 3.05) is 20.3 Å². The third-order valence-electron chi connectivity index (χ3n) is 7.35. The van der Waals surface area contributed by atoms with E-state index in [0.717, 1.165) is 12.2 Å². The van der Waals surface area contributed by atoms with Crippen LogP contribution in [-0.4, -0.2) is 32.1 Å². The molecule has 4 unspecified atom stereocenters. The second kappa shape index (κ2) is 13.3. The number of esters is 1. The van der Waals surface area contributed by atoms with Crippen molar-refractivity contribution < 1.29 is 19.1 Å². The van der Waals surface area contributed by atoms with Gasteiger partial charge in [-0.05, 0) is 106 Å². The highest BCUT2D eigenvalue weighted by atomic mass is 16.5. The van der Waals surface area contributed by atoms with Crippen molar-refractivity contribution >= 4 is 11.8 Å². The van der Waals surface area contributed by atoms with Crippen molar-refractivity contribution in [3.63, 3.8) is 0 Å². The standard InChI is InChI=1S/C15H20O3.C10H16.C3H8O.CH4/c1-6-18-14(17)12-7-11(10(2)16)8-13(9-12)15(3,4)5;1-2-9-7-4-5-8(6-7)10(9)3-1;1-3-4-2;/h7-9H,6H2,1-5H3;7-10H,1-6H2;3H2,1-2H3;1H4. The largest absolute Gasteiger partial charge is 0.462 e. The number of benzene rings is 1. The lowest BCUT2D eigenvalue weighted by Crippen LogP contribution is -2.15. The molecule has 0 amide bonds. The van der Waals surface area contributed by atoms with Gasteiger partial charge in [0, 0.05) is 19.3 Å². The maximum Gasteiger partial charge on any atom is 0.338 e. The summed E-state index contributed by atoms with van der Waals surface area (Å²) in [4.78, 5) is 23.3. The predicted molar refractivity (Wildman–Crippen MR) is 137 cm³/mol. The summed E-state index contributed by atoms with van der Waals surface area (Å²) in [6.07, 6.45) is 9.53. The van der Waals surface area contributed by atoms with E-state index < -0.39 is 0 Å². The fraction of sp³-hybridized carbons (Fsp3) is 0.724. The van der Waals surface area contributed by atoms with Gasteiger partial charge in [0.15, 0.2) is 5.78 Å². The van der Waals surface area contributed by atoms with Gasteiger partial charge < -0.3 is 9.47 Å². The summed E-state index contributed by atoms with van der Waals surface area (Å²) in [7, 11) is 1.68. The Morgan fingerprint density at radius 2 is 1.42 bits per heavy atom. The van der Waals surface area contributed by atoms with Gasteiger partial charge in [-0.2, -0.15) is 0 Å². The quantitative estimate of drug-likeness (QED) is 0.345. The average Bonchev–Trinajstić information content (AvgIpc) is 3.48. The Kier molecular flexibility index (Phi) is 11.8. The van der Waals surface area contributed by atoms with Crippen LogP contribution in [0.25, 0.3) is 0 Å². The molecule has 4 nitrogen and oxygen atoms in total. The minimum absolute atomic E-state index is 0. The highest BCUT2D eigenvalue weighted by molar-refractivity contribution is 5.98. The fourth-order valence-corrected chi connectivity index (χ4v) is 5.61. The van der Waals surface area contributed by atoms with Crippen LogP contribution >= 0.6 is 0 Å². The molecule has 3 fully saturated rings. The minimum Gasteiger partial charge on any atom is -0.462 e. The molecule has 0 aromatic heterocycles. The number of hydrogen-bond acceptors (Lipinski definition) is 4. The lowest BCUT2D eigenvalue weighted by Gasteiger charge is -2.23. The maximum absolute atomic E-state index is 11.8. The predicted octanol–water partition coefficient (Wildman–Crippen LogP) is 7.48. The highest BCUT2D eigenvalue weighted by Crippen LogP contribution is 2.58. The van der Waals surface area contributed by atoms with Crippen LogP contribution in [0.5, 0.6) is 0 Å². The number of methoxy groups -OCH3 is 1. The van der Waals surface area contributed by atoms with E-state index in [1.54, 1.807) is 64.7 Å². The van der Waals surface area contributed by atoms with Crippen molar-refractivity contribution in [1.29, 1.82) is 0 Å². The van der Waals surface area contributed by atoms with Gasteiger partial charge in [0.05, 0.1) is 12.2 Å². The molecule has 2 bridgehead atoms. The molecular weight excluding hydrogens is 412 g/mol. The van der Waals surface area contributed by atoms with E-state index in [9.17, 15) is 9.59 Å². The van der Waals surface area contributed by atoms with E-state index in [1.165, 1.54) is 30.6 Å². The Morgan fingerprint density at radius 1 is 0.909 bits per heavy atom. The molecule has 3 aliphatic rings. The molecule has 0 spiro atoms. The Morgan fingerprint density at radius 3 is 1.85 bits per heavy atom. The lowest BCUT2D eigenvalue weighted by atomic mass is 9.82. The number of Topliss-reactive ketones (excluding diaryl/α,β-unsaturated/α-hetero) is 1. The SMILES string of the molecule is C.C1CC2C3CCC(C3)C2C1.CCOC.CCOC(=O)c1cc(C(C)=O)cc(C(C)(C)C)c1. The van der Waals surface area contributed by atoms with Gasteiger partial charge in [-0.25, -0.2) is 4.79 Å². The molecule has 0 radical (unpaired) electrons. The summed E-state index contributed by atoms with van der Waals surface area (Å²) in [5, 5.41) is 0. The second-order valence-corrected chi connectivity index (χ2v) is 10.5. The van der Waals surface area contributed by atoms with E-state index in [4.69, 9.17) is 4.74 Å². The number of ether oxygens (including phenoxy) is 2. The zero-order valence-electron chi connectivity index (χ0n) is 21.3. The van der Waals surface area contributed by atoms with Crippen molar-refractivity contribution in [1.82, 2.24) is 0 Å². The first-order valence-corrected chi connectivity index (χ1v) is 12.4. The van der Waals surface area contributed by atoms with E-state index >= 15 is 0 Å². The van der Waals surface area contributed by atoms with Crippen LogP contribution in [0.2, 0.25) is 0 Å². The summed E-state index contributed by atoms with van der Waals surface area (Å²) in [6.45, 7) is 12.5. The number of carbonyl (C=O) groups excluding carboxylic acids is 2. The molecule has 0 aliphatic heterocycles.